The smallest absolute Gasteiger partial charge is 0.148 e. The van der Waals surface area contributed by atoms with Crippen molar-refractivity contribution in [3.63, 3.8) is 0 Å². The lowest BCUT2D eigenvalue weighted by atomic mass is 10.0. The Morgan fingerprint density at radius 1 is 0.968 bits per heavy atom. The molecule has 0 radical (unpaired) electrons. The van der Waals surface area contributed by atoms with E-state index in [1.54, 1.807) is 0 Å². The number of aromatic nitrogens is 2. The average molecular weight is 419 g/mol. The van der Waals surface area contributed by atoms with E-state index in [0.29, 0.717) is 6.61 Å². The Kier molecular flexibility index (Phi) is 8.12. The molecule has 0 amide bonds. The first-order valence-corrected chi connectivity index (χ1v) is 10.6. The monoisotopic (exact) mass is 418 g/mol. The second kappa shape index (κ2) is 11.2. The number of carbonyl (C=O) groups excluding carboxylic acids is 1. The Morgan fingerprint density at radius 2 is 1.58 bits per heavy atom. The van der Waals surface area contributed by atoms with Gasteiger partial charge in [0.15, 0.2) is 0 Å². The van der Waals surface area contributed by atoms with Crippen LogP contribution in [-0.2, 0) is 9.53 Å². The summed E-state index contributed by atoms with van der Waals surface area (Å²) in [6, 6.07) is 20.4. The van der Waals surface area contributed by atoms with Crippen LogP contribution in [0.5, 0.6) is 0 Å². The molecule has 1 heterocycles. The Labute approximate surface area is 183 Å². The quantitative estimate of drug-likeness (QED) is 0.443. The molecule has 0 saturated heterocycles. The van der Waals surface area contributed by atoms with Gasteiger partial charge in [-0.15, -0.1) is 0 Å². The zero-order valence-electron chi connectivity index (χ0n) is 18.0. The SMILES string of the molecule is CC(C)N(CCCCOCC(=O)[O-])c1cnc(-c2ccccc2)c(-c2ccccc2)n1. The first-order chi connectivity index (χ1) is 15.1. The maximum absolute atomic E-state index is 10.4. The van der Waals surface area contributed by atoms with E-state index in [1.807, 2.05) is 54.7 Å². The number of nitrogens with zero attached hydrogens (tertiary/aromatic N) is 3. The summed E-state index contributed by atoms with van der Waals surface area (Å²) in [6.45, 7) is 5.07. The van der Waals surface area contributed by atoms with E-state index in [0.717, 1.165) is 47.7 Å². The van der Waals surface area contributed by atoms with Crippen molar-refractivity contribution in [2.24, 2.45) is 0 Å². The molecule has 0 aliphatic carbocycles. The first-order valence-electron chi connectivity index (χ1n) is 10.6. The topological polar surface area (TPSA) is 78.4 Å². The molecule has 6 nitrogen and oxygen atoms in total. The molecule has 0 spiro atoms. The second-order valence-corrected chi connectivity index (χ2v) is 7.58. The van der Waals surface area contributed by atoms with Crippen molar-refractivity contribution in [1.29, 1.82) is 0 Å². The lowest BCUT2D eigenvalue weighted by Crippen LogP contribution is -2.33. The van der Waals surface area contributed by atoms with Gasteiger partial charge >= 0.3 is 0 Å². The van der Waals surface area contributed by atoms with Gasteiger partial charge in [-0.1, -0.05) is 60.7 Å². The summed E-state index contributed by atoms with van der Waals surface area (Å²) >= 11 is 0. The van der Waals surface area contributed by atoms with Gasteiger partial charge in [0.25, 0.3) is 0 Å². The number of carboxylic acid groups (broad SMARTS) is 1. The molecule has 0 unspecified atom stereocenters. The molecule has 0 fully saturated rings. The minimum Gasteiger partial charge on any atom is -0.548 e. The van der Waals surface area contributed by atoms with Crippen molar-refractivity contribution >= 4 is 11.8 Å². The van der Waals surface area contributed by atoms with Crippen molar-refractivity contribution in [1.82, 2.24) is 9.97 Å². The van der Waals surface area contributed by atoms with E-state index in [1.165, 1.54) is 0 Å². The van der Waals surface area contributed by atoms with Crippen LogP contribution in [0.2, 0.25) is 0 Å². The number of aliphatic carboxylic acids is 1. The van der Waals surface area contributed by atoms with Gasteiger partial charge in [-0.2, -0.15) is 0 Å². The highest BCUT2D eigenvalue weighted by molar-refractivity contribution is 5.78. The first kappa shape index (κ1) is 22.4. The van der Waals surface area contributed by atoms with Crippen molar-refractivity contribution in [2.75, 3.05) is 24.7 Å². The summed E-state index contributed by atoms with van der Waals surface area (Å²) in [5.41, 5.74) is 3.76. The summed E-state index contributed by atoms with van der Waals surface area (Å²) in [5.74, 6) is -0.366. The highest BCUT2D eigenvalue weighted by atomic mass is 16.5. The molecule has 6 heteroatoms. The zero-order valence-corrected chi connectivity index (χ0v) is 18.0. The zero-order chi connectivity index (χ0) is 22.1. The predicted molar refractivity (Wildman–Crippen MR) is 120 cm³/mol. The van der Waals surface area contributed by atoms with E-state index in [4.69, 9.17) is 14.7 Å². The number of benzene rings is 2. The van der Waals surface area contributed by atoms with Crippen LogP contribution in [-0.4, -0.2) is 41.7 Å². The molecule has 0 N–H and O–H groups in total. The summed E-state index contributed by atoms with van der Waals surface area (Å²) in [4.78, 5) is 22.5. The van der Waals surface area contributed by atoms with Crippen LogP contribution in [0.15, 0.2) is 66.9 Å². The van der Waals surface area contributed by atoms with E-state index in [2.05, 4.69) is 30.9 Å². The molecular formula is C25H28N3O3-. The van der Waals surface area contributed by atoms with Crippen LogP contribution in [0.3, 0.4) is 0 Å². The highest BCUT2D eigenvalue weighted by Crippen LogP contribution is 2.30. The third-order valence-corrected chi connectivity index (χ3v) is 4.93. The number of hydrogen-bond acceptors (Lipinski definition) is 6. The number of rotatable bonds is 11. The lowest BCUT2D eigenvalue weighted by Gasteiger charge is -2.28. The van der Waals surface area contributed by atoms with Crippen LogP contribution in [0.25, 0.3) is 22.5 Å². The van der Waals surface area contributed by atoms with Gasteiger partial charge in [-0.25, -0.2) is 4.98 Å². The van der Waals surface area contributed by atoms with Gasteiger partial charge in [0.2, 0.25) is 0 Å². The van der Waals surface area contributed by atoms with Crippen LogP contribution in [0.4, 0.5) is 5.82 Å². The Morgan fingerprint density at radius 3 is 2.16 bits per heavy atom. The molecule has 162 valence electrons. The number of ether oxygens (including phenoxy) is 1. The van der Waals surface area contributed by atoms with Gasteiger partial charge in [0.05, 0.1) is 30.2 Å². The maximum atomic E-state index is 10.4. The van der Waals surface area contributed by atoms with Crippen molar-refractivity contribution < 1.29 is 14.6 Å². The summed E-state index contributed by atoms with van der Waals surface area (Å²) in [7, 11) is 0. The molecule has 0 atom stereocenters. The molecule has 0 aliphatic rings. The molecule has 0 aliphatic heterocycles. The molecule has 3 aromatic rings. The summed E-state index contributed by atoms with van der Waals surface area (Å²) in [6.07, 6.45) is 3.45. The van der Waals surface area contributed by atoms with Crippen LogP contribution < -0.4 is 10.0 Å². The fraction of sp³-hybridized carbons (Fsp3) is 0.320. The van der Waals surface area contributed by atoms with Crippen LogP contribution >= 0.6 is 0 Å². The Balaban J connectivity index is 1.83. The van der Waals surface area contributed by atoms with Crippen LogP contribution in [0.1, 0.15) is 26.7 Å². The molecular weight excluding hydrogens is 390 g/mol. The Hall–Kier alpha value is -3.25. The second-order valence-electron chi connectivity index (χ2n) is 7.58. The minimum absolute atomic E-state index is 0.240. The fourth-order valence-corrected chi connectivity index (χ4v) is 3.40. The van der Waals surface area contributed by atoms with Crippen molar-refractivity contribution in [3.8, 4) is 22.5 Å². The largest absolute Gasteiger partial charge is 0.548 e. The number of anilines is 1. The molecule has 0 saturated carbocycles. The van der Waals surface area contributed by atoms with Crippen molar-refractivity contribution in [3.05, 3.63) is 66.9 Å². The third kappa shape index (κ3) is 6.36. The predicted octanol–water partition coefficient (Wildman–Crippen LogP) is 3.57. The van der Waals surface area contributed by atoms with E-state index in [9.17, 15) is 9.90 Å². The normalized spacial score (nSPS) is 10.9. The molecule has 31 heavy (non-hydrogen) atoms. The minimum atomic E-state index is -1.19. The molecule has 1 aromatic heterocycles. The number of hydrogen-bond donors (Lipinski definition) is 0. The standard InChI is InChI=1S/C25H29N3O3/c1-19(2)28(15-9-10-16-31-18-23(29)30)22-17-26-24(20-11-5-3-6-12-20)25(27-22)21-13-7-4-8-14-21/h3-8,11-14,17,19H,9-10,15-16,18H2,1-2H3,(H,29,30)/p-1. The van der Waals surface area contributed by atoms with Gasteiger partial charge < -0.3 is 19.5 Å². The maximum Gasteiger partial charge on any atom is 0.148 e. The number of carbonyl (C=O) groups is 1. The molecule has 2 aromatic carbocycles. The molecule has 0 bridgehead atoms. The summed E-state index contributed by atoms with van der Waals surface area (Å²) < 4.78 is 5.08. The summed E-state index contributed by atoms with van der Waals surface area (Å²) in [5, 5.41) is 10.4. The van der Waals surface area contributed by atoms with Crippen LogP contribution in [0, 0.1) is 0 Å². The van der Waals surface area contributed by atoms with Gasteiger partial charge in [0.1, 0.15) is 5.82 Å². The average Bonchev–Trinajstić information content (AvgIpc) is 2.79. The van der Waals surface area contributed by atoms with E-state index in [-0.39, 0.29) is 12.6 Å². The van der Waals surface area contributed by atoms with Gasteiger partial charge in [-0.3, -0.25) is 4.98 Å². The fourth-order valence-electron chi connectivity index (χ4n) is 3.40. The van der Waals surface area contributed by atoms with Crippen molar-refractivity contribution in [2.45, 2.75) is 32.7 Å². The van der Waals surface area contributed by atoms with Gasteiger partial charge in [-0.05, 0) is 26.7 Å². The number of carboxylic acids is 1. The number of unbranched alkanes of at least 4 members (excludes halogenated alkanes) is 1. The van der Waals surface area contributed by atoms with E-state index >= 15 is 0 Å². The van der Waals surface area contributed by atoms with E-state index < -0.39 is 5.97 Å². The van der Waals surface area contributed by atoms with Gasteiger partial charge in [0, 0.05) is 30.3 Å². The Bertz CT molecular complexity index is 962. The molecule has 3 rings (SSSR count). The highest BCUT2D eigenvalue weighted by Gasteiger charge is 2.17. The third-order valence-electron chi connectivity index (χ3n) is 4.93. The lowest BCUT2D eigenvalue weighted by molar-refractivity contribution is -0.309.